The number of para-hydroxylation sites is 2. The van der Waals surface area contributed by atoms with E-state index in [0.717, 1.165) is 17.8 Å². The average Bonchev–Trinajstić information content (AvgIpc) is 3.14. The van der Waals surface area contributed by atoms with Gasteiger partial charge < -0.3 is 39.8 Å². The van der Waals surface area contributed by atoms with Crippen LogP contribution in [0.2, 0.25) is 0 Å². The Balaban J connectivity index is 0.00000348. The van der Waals surface area contributed by atoms with Crippen LogP contribution < -0.4 is 89.9 Å². The van der Waals surface area contributed by atoms with Crippen LogP contribution in [0.5, 0.6) is 11.8 Å². The number of benzene rings is 5. The molecule has 6 aromatic rings. The third kappa shape index (κ3) is 12.0. The van der Waals surface area contributed by atoms with E-state index >= 15 is 0 Å². The van der Waals surface area contributed by atoms with Gasteiger partial charge in [-0.15, -0.1) is 0 Å². The Kier molecular flexibility index (Phi) is 15.4. The van der Waals surface area contributed by atoms with Gasteiger partial charge in [-0.1, -0.05) is 60.7 Å². The molecule has 276 valence electrons. The predicted molar refractivity (Wildman–Crippen MR) is 203 cm³/mol. The Morgan fingerprint density at radius 1 is 0.500 bits per heavy atom. The molecule has 0 aliphatic carbocycles. The molecule has 1 heterocycles. The van der Waals surface area contributed by atoms with Gasteiger partial charge in [0, 0.05) is 46.3 Å². The first-order valence-electron chi connectivity index (χ1n) is 15.9. The maximum Gasteiger partial charge on any atom is 1.00 e. The molecule has 0 atom stereocenters. The van der Waals surface area contributed by atoms with Gasteiger partial charge in [0.2, 0.25) is 11.9 Å². The molecule has 0 unspecified atom stereocenters. The van der Waals surface area contributed by atoms with Crippen LogP contribution in [-0.4, -0.2) is 55.1 Å². The molecule has 19 heteroatoms. The van der Waals surface area contributed by atoms with Crippen LogP contribution in [0.1, 0.15) is 11.1 Å². The monoisotopic (exact) mass is 811 g/mol. The SMILES string of the molecule is COc1cc(Nc2ccccc2)cc(Nc2ccc(/C=C/c3ccc(Nc4nc(Nc5ccccc5)nc(OC)n4)cc3S(=O)(=O)[O-])c(S(=O)(=O)[O-])c2)c1.[Na+].[Na+]. The van der Waals surface area contributed by atoms with Crippen LogP contribution in [-0.2, 0) is 20.2 Å². The van der Waals surface area contributed by atoms with E-state index in [1.807, 2.05) is 48.5 Å². The maximum atomic E-state index is 12.4. The van der Waals surface area contributed by atoms with Crippen molar-refractivity contribution in [3.8, 4) is 11.8 Å². The maximum absolute atomic E-state index is 12.4. The zero-order valence-corrected chi connectivity index (χ0v) is 36.2. The predicted octanol–water partition coefficient (Wildman–Crippen LogP) is 0.850. The van der Waals surface area contributed by atoms with Gasteiger partial charge in [0.05, 0.1) is 24.0 Å². The summed E-state index contributed by atoms with van der Waals surface area (Å²) in [6.45, 7) is 0. The molecule has 6 rings (SSSR count). The van der Waals surface area contributed by atoms with Gasteiger partial charge in [0.25, 0.3) is 0 Å². The number of nitrogens with one attached hydrogen (secondary N) is 4. The van der Waals surface area contributed by atoms with Crippen molar-refractivity contribution in [2.75, 3.05) is 35.5 Å². The first-order valence-corrected chi connectivity index (χ1v) is 18.7. The zero-order chi connectivity index (χ0) is 38.3. The molecule has 0 saturated heterocycles. The fraction of sp³-hybridized carbons (Fsp3) is 0.0541. The first-order chi connectivity index (χ1) is 25.9. The molecule has 4 N–H and O–H groups in total. The van der Waals surface area contributed by atoms with Crippen molar-refractivity contribution in [3.63, 3.8) is 0 Å². The van der Waals surface area contributed by atoms with Gasteiger partial charge in [0.1, 0.15) is 26.0 Å². The molecule has 0 fully saturated rings. The van der Waals surface area contributed by atoms with Gasteiger partial charge in [-0.2, -0.15) is 15.0 Å². The molecule has 0 amide bonds. The molecule has 0 saturated carbocycles. The van der Waals surface area contributed by atoms with Crippen LogP contribution in [0, 0.1) is 0 Å². The number of hydrogen-bond acceptors (Lipinski definition) is 15. The number of aromatic nitrogens is 3. The fourth-order valence-electron chi connectivity index (χ4n) is 5.17. The van der Waals surface area contributed by atoms with E-state index in [2.05, 4.69) is 36.2 Å². The molecular formula is C37H31N7Na2O8S2. The summed E-state index contributed by atoms with van der Waals surface area (Å²) in [6.07, 6.45) is 2.46. The zero-order valence-electron chi connectivity index (χ0n) is 30.5. The standard InChI is InChI=1S/C37H33N7O8S2.2Na/c1-51-32-20-30(38-26-9-5-3-6-10-26)19-31(21-32)39-28-17-15-24(33(22-28)53(45,46)47)13-14-25-16-18-29(23-34(25)54(48,49)50)41-36-42-35(43-37(44-36)52-2)40-27-11-7-4-8-12-27;;/h3-23,38-39H,1-2H3,(H,45,46,47)(H,48,49,50)(H2,40,41,42,43,44);;/q;2*+1/p-2/b14-13+;;. The van der Waals surface area contributed by atoms with Crippen molar-refractivity contribution < 1.29 is 94.5 Å². The molecule has 0 aliphatic rings. The second-order valence-corrected chi connectivity index (χ2v) is 14.1. The van der Waals surface area contributed by atoms with Gasteiger partial charge in [-0.05, 0) is 65.7 Å². The Hall–Kier alpha value is -4.53. The first kappa shape index (κ1) is 44.2. The largest absolute Gasteiger partial charge is 1.00 e. The fourth-order valence-corrected chi connectivity index (χ4v) is 6.56. The van der Waals surface area contributed by atoms with Crippen LogP contribution in [0.4, 0.5) is 46.0 Å². The minimum Gasteiger partial charge on any atom is -0.744 e. The number of rotatable bonds is 14. The number of anilines is 8. The van der Waals surface area contributed by atoms with Crippen molar-refractivity contribution in [2.24, 2.45) is 0 Å². The summed E-state index contributed by atoms with van der Waals surface area (Å²) in [5.41, 5.74) is 3.04. The summed E-state index contributed by atoms with van der Waals surface area (Å²) in [5.74, 6) is 0.623. The molecule has 5 aromatic carbocycles. The van der Waals surface area contributed by atoms with Crippen LogP contribution in [0.3, 0.4) is 0 Å². The third-order valence-corrected chi connectivity index (χ3v) is 9.37. The molecule has 56 heavy (non-hydrogen) atoms. The summed E-state index contributed by atoms with van der Waals surface area (Å²) in [5, 5.41) is 12.2. The van der Waals surface area contributed by atoms with E-state index in [4.69, 9.17) is 9.47 Å². The van der Waals surface area contributed by atoms with Gasteiger partial charge in [-0.3, -0.25) is 0 Å². The Morgan fingerprint density at radius 3 is 1.38 bits per heavy atom. The van der Waals surface area contributed by atoms with Crippen molar-refractivity contribution in [1.82, 2.24) is 15.0 Å². The van der Waals surface area contributed by atoms with Gasteiger partial charge >= 0.3 is 65.1 Å². The van der Waals surface area contributed by atoms with E-state index in [9.17, 15) is 25.9 Å². The van der Waals surface area contributed by atoms with Crippen LogP contribution in [0.25, 0.3) is 12.2 Å². The molecule has 0 bridgehead atoms. The van der Waals surface area contributed by atoms with E-state index in [1.165, 1.54) is 44.6 Å². The number of hydrogen-bond donors (Lipinski definition) is 4. The van der Waals surface area contributed by atoms with E-state index in [0.29, 0.717) is 22.8 Å². The smallest absolute Gasteiger partial charge is 0.744 e. The van der Waals surface area contributed by atoms with Crippen molar-refractivity contribution in [3.05, 3.63) is 126 Å². The van der Waals surface area contributed by atoms with E-state index in [-0.39, 0.29) is 99.5 Å². The Bertz CT molecular complexity index is 2380. The van der Waals surface area contributed by atoms with Crippen LogP contribution >= 0.6 is 0 Å². The second-order valence-electron chi connectivity index (χ2n) is 11.4. The second kappa shape index (κ2) is 19.6. The minimum absolute atomic E-state index is 0. The van der Waals surface area contributed by atoms with Gasteiger partial charge in [-0.25, -0.2) is 16.8 Å². The molecule has 15 nitrogen and oxygen atoms in total. The topological polar surface area (TPSA) is 220 Å². The van der Waals surface area contributed by atoms with Crippen LogP contribution in [0.15, 0.2) is 125 Å². The minimum atomic E-state index is -5.06. The average molecular weight is 812 g/mol. The molecule has 1 aromatic heterocycles. The van der Waals surface area contributed by atoms with Crippen molar-refractivity contribution in [2.45, 2.75) is 9.79 Å². The van der Waals surface area contributed by atoms with Crippen molar-refractivity contribution in [1.29, 1.82) is 0 Å². The molecule has 0 aliphatic heterocycles. The van der Waals surface area contributed by atoms with E-state index < -0.39 is 30.0 Å². The Morgan fingerprint density at radius 2 is 0.929 bits per heavy atom. The molecule has 0 radical (unpaired) electrons. The summed E-state index contributed by atoms with van der Waals surface area (Å²) in [4.78, 5) is 11.4. The summed E-state index contributed by atoms with van der Waals surface area (Å²) >= 11 is 0. The Labute approximate surface area is 368 Å². The normalized spacial score (nSPS) is 11.1. The third-order valence-electron chi connectivity index (χ3n) is 7.59. The number of nitrogens with zero attached hydrogens (tertiary/aromatic N) is 3. The van der Waals surface area contributed by atoms with E-state index in [1.54, 1.807) is 36.4 Å². The van der Waals surface area contributed by atoms with Gasteiger partial charge in [0.15, 0.2) is 0 Å². The molecular weight excluding hydrogens is 781 g/mol. The quantitative estimate of drug-likeness (QED) is 0.0681. The summed E-state index contributed by atoms with van der Waals surface area (Å²) in [7, 11) is -7.21. The number of ether oxygens (including phenoxy) is 2. The summed E-state index contributed by atoms with van der Waals surface area (Å²) < 4.78 is 85.0. The number of methoxy groups -OCH3 is 2. The summed E-state index contributed by atoms with van der Waals surface area (Å²) in [6, 6.07) is 31.7. The van der Waals surface area contributed by atoms with Crippen molar-refractivity contribution >= 4 is 78.4 Å². The molecule has 0 spiro atoms.